The van der Waals surface area contributed by atoms with Crippen molar-refractivity contribution in [3.8, 4) is 0 Å². The fraction of sp³-hybridized carbons (Fsp3) is 0.689. The SMILES string of the molecule is C1CCOC1.C1CCOC1.CO.FC(F)CN1CCC2(CCN(Cc3ccccc3)CC2)CC1.FC(F)CN1CCC2(CCNCC2)CC1.O=C(C(F)F)N1CCC2(CCN(Cc3ccccc3)CC2)CC1.O=C(O)C(F)F.O=C1CC2(CCN(Cc3ccccc3)CC2)CC(=O)N1.[AlH3].[B].[H-].[Li+].c1ccc(CN2CCC3(CCNCC3)CC2)cc1. The number of piperidine rings is 10. The molecule has 0 aromatic heterocycles. The van der Waals surface area contributed by atoms with Crippen LogP contribution in [0.2, 0.25) is 0 Å². The first-order chi connectivity index (χ1) is 56.1. The summed E-state index contributed by atoms with van der Waals surface area (Å²) >= 11 is 0. The molecular weight excluding hydrogens is 1550 g/mol. The Labute approximate surface area is 730 Å². The van der Waals surface area contributed by atoms with E-state index in [9.17, 15) is 49.5 Å². The van der Waals surface area contributed by atoms with E-state index in [1.54, 1.807) is 0 Å². The van der Waals surface area contributed by atoms with Crippen LogP contribution in [-0.4, -0.2) is 284 Å². The molecule has 3 amide bonds. The Morgan fingerprint density at radius 3 is 0.824 bits per heavy atom. The Bertz CT molecular complexity index is 3290. The number of hydrogen-bond donors (Lipinski definition) is 5. The van der Waals surface area contributed by atoms with E-state index in [0.717, 1.165) is 202 Å². The Balaban J connectivity index is 0.000000298. The maximum Gasteiger partial charge on any atom is 1.00 e. The summed E-state index contributed by atoms with van der Waals surface area (Å²) in [4.78, 5) is 58.7. The van der Waals surface area contributed by atoms with E-state index >= 15 is 0 Å². The molecule has 12 saturated heterocycles. The molecule has 0 atom stereocenters. The molecule has 0 saturated carbocycles. The Morgan fingerprint density at radius 2 is 0.605 bits per heavy atom. The number of carboxylic acid groups (broad SMARTS) is 1. The third-order valence-electron chi connectivity index (χ3n) is 26.1. The van der Waals surface area contributed by atoms with Gasteiger partial charge in [0.05, 0.1) is 13.1 Å². The van der Waals surface area contributed by atoms with E-state index in [2.05, 4.69) is 145 Å². The Kier molecular flexibility index (Phi) is 49.4. The standard InChI is InChI=1S/C18H24F2N2O.C18H26F2N2.C16H20N2O2.C16H24N2.C11H20F2N2.2C4H8O.C2H2F2O2.CH4O.Al.B.Li.4H/c19-16(20)17(23)22-12-8-18(9-13-22)6-10-21(11-7-18)14-15-4-2-1-3-5-15;19-17(20)15-22-12-8-18(9-13-22)6-10-21(11-7-18)14-16-4-2-1-3-5-16;19-14-10-16(11-15(20)17-14)6-8-18(9-7-16)12-13-4-2-1-3-5-13;1-2-4-15(5-3-1)14-18-12-8-16(9-13-18)6-10-17-11-7-16;12-10(13)9-15-7-3-11(4-8-15)1-5-14-6-2-11;2*1-2-4-5-3-1;3-1(4)2(5)6;1-2;;;;;;;/h1-5,16H,6-14H2;1-5,17H,6-15H2;1-5H,6-12H2,(H,17,19,20);1-5,17H,6-14H2;10,14H,1-9H2;2*1-4H2;1H,(H,5,6);2H,1H3;;;;;;;/q;;;;;;;;;;;+1;;;;-1. The molecule has 12 heterocycles. The summed E-state index contributed by atoms with van der Waals surface area (Å²) in [5, 5.41) is 23.5. The van der Waals surface area contributed by atoms with Gasteiger partial charge in [-0.1, -0.05) is 121 Å². The summed E-state index contributed by atoms with van der Waals surface area (Å²) < 4.78 is 105. The first-order valence-electron chi connectivity index (χ1n) is 43.1. The zero-order valence-electron chi connectivity index (χ0n) is 71.7. The van der Waals surface area contributed by atoms with Gasteiger partial charge in [0.1, 0.15) is 0 Å². The van der Waals surface area contributed by atoms with Crippen LogP contribution in [-0.2, 0) is 54.8 Å². The predicted octanol–water partition coefficient (Wildman–Crippen LogP) is 9.95. The average Bonchev–Trinajstić information content (AvgIpc) is 0.909. The van der Waals surface area contributed by atoms with E-state index in [1.807, 2.05) is 21.9 Å². The number of amides is 3. The largest absolute Gasteiger partial charge is 1.00 e. The van der Waals surface area contributed by atoms with Gasteiger partial charge in [-0.05, 0) is 295 Å². The van der Waals surface area contributed by atoms with Crippen LogP contribution in [0.25, 0.3) is 0 Å². The molecule has 4 aromatic rings. The van der Waals surface area contributed by atoms with Crippen molar-refractivity contribution in [1.82, 2.24) is 50.2 Å². The van der Waals surface area contributed by atoms with E-state index in [4.69, 9.17) is 24.5 Å². The molecule has 16 rings (SSSR count). The number of carbonyl (C=O) groups excluding carboxylic acids is 3. The first-order valence-corrected chi connectivity index (χ1v) is 43.1. The van der Waals surface area contributed by atoms with Gasteiger partial charge in [-0.3, -0.25) is 49.1 Å². The topological polar surface area (TPSA) is 186 Å². The van der Waals surface area contributed by atoms with Crippen LogP contribution in [0, 0.1) is 27.1 Å². The van der Waals surface area contributed by atoms with Crippen LogP contribution in [0.3, 0.4) is 0 Å². The predicted molar refractivity (Wildman–Crippen MR) is 456 cm³/mol. The number of aliphatic carboxylic acids is 1. The van der Waals surface area contributed by atoms with Gasteiger partial charge in [-0.2, -0.15) is 17.6 Å². The zero-order valence-corrected chi connectivity index (χ0v) is 70.7. The maximum absolute atomic E-state index is 12.5. The van der Waals surface area contributed by atoms with Gasteiger partial charge in [-0.15, -0.1) is 0 Å². The molecule has 4 aromatic carbocycles. The molecule has 5 spiro atoms. The van der Waals surface area contributed by atoms with E-state index in [0.29, 0.717) is 42.2 Å². The first kappa shape index (κ1) is 105. The normalized spacial score (nSPS) is 22.0. The third kappa shape index (κ3) is 38.3. The van der Waals surface area contributed by atoms with Crippen molar-refractivity contribution >= 4 is 49.5 Å². The fourth-order valence-electron chi connectivity index (χ4n) is 18.5. The average molecular weight is 1690 g/mol. The second-order valence-electron chi connectivity index (χ2n) is 34.2. The van der Waals surface area contributed by atoms with Crippen molar-refractivity contribution in [3.05, 3.63) is 144 Å². The quantitative estimate of drug-likeness (QED) is 0.0456. The van der Waals surface area contributed by atoms with Crippen LogP contribution < -0.4 is 34.8 Å². The number of imide groups is 1. The molecule has 5 N–H and O–H groups in total. The number of carboxylic acids is 1. The van der Waals surface area contributed by atoms with Gasteiger partial charge >= 0.3 is 37.7 Å². The summed E-state index contributed by atoms with van der Waals surface area (Å²) in [6.45, 7) is 26.0. The Hall–Kier alpha value is -4.85. The molecule has 12 aliphatic heterocycles. The van der Waals surface area contributed by atoms with Crippen LogP contribution in [0.5, 0.6) is 0 Å². The van der Waals surface area contributed by atoms with Crippen LogP contribution in [0.15, 0.2) is 121 Å². The number of hydrogen-bond acceptors (Lipinski definition) is 15. The van der Waals surface area contributed by atoms with Gasteiger partial charge in [-0.25, -0.2) is 22.4 Å². The summed E-state index contributed by atoms with van der Waals surface area (Å²) in [6.07, 6.45) is 16.4. The number of alkyl halides is 8. The number of nitrogens with one attached hydrogen (secondary N) is 3. The second-order valence-corrected chi connectivity index (χ2v) is 34.2. The monoisotopic (exact) mass is 1690 g/mol. The van der Waals surface area contributed by atoms with Crippen molar-refractivity contribution in [2.75, 3.05) is 164 Å². The van der Waals surface area contributed by atoms with Gasteiger partial charge < -0.3 is 36.6 Å². The van der Waals surface area contributed by atoms with Crippen molar-refractivity contribution in [2.45, 2.75) is 206 Å². The number of likely N-dealkylation sites (tertiary alicyclic amines) is 7. The smallest absolute Gasteiger partial charge is 1.00 e. The van der Waals surface area contributed by atoms with Crippen molar-refractivity contribution in [1.29, 1.82) is 0 Å². The number of rotatable bonds is 14. The minimum Gasteiger partial charge on any atom is -1.00 e. The van der Waals surface area contributed by atoms with Crippen molar-refractivity contribution in [3.63, 3.8) is 0 Å². The molecule has 119 heavy (non-hydrogen) atoms. The summed E-state index contributed by atoms with van der Waals surface area (Å²) in [6, 6.07) is 42.4. The molecule has 661 valence electrons. The van der Waals surface area contributed by atoms with E-state index in [1.165, 1.54) is 130 Å². The molecule has 3 radical (unpaired) electrons. The van der Waals surface area contributed by atoms with E-state index in [-0.39, 0.29) is 81.8 Å². The number of halogens is 8. The molecule has 18 nitrogen and oxygen atoms in total. The fourth-order valence-corrected chi connectivity index (χ4v) is 18.5. The summed E-state index contributed by atoms with van der Waals surface area (Å²) in [7, 11) is 1.00. The van der Waals surface area contributed by atoms with Crippen LogP contribution in [0.1, 0.15) is 178 Å². The molecule has 29 heteroatoms. The van der Waals surface area contributed by atoms with Gasteiger partial charge in [0.2, 0.25) is 11.8 Å². The Morgan fingerprint density at radius 1 is 0.378 bits per heavy atom. The number of aliphatic hydroxyl groups is 1. The van der Waals surface area contributed by atoms with Gasteiger partial charge in [0.15, 0.2) is 17.4 Å². The zero-order chi connectivity index (χ0) is 82.9. The van der Waals surface area contributed by atoms with Gasteiger partial charge in [0, 0.05) is 94.1 Å². The van der Waals surface area contributed by atoms with Crippen molar-refractivity contribution in [2.24, 2.45) is 27.1 Å². The number of carbonyl (C=O) groups is 4. The minimum atomic E-state index is -3.23. The molecule has 0 unspecified atom stereocenters. The molecule has 0 aliphatic carbocycles. The number of ether oxygens (including phenoxy) is 2. The van der Waals surface area contributed by atoms with Crippen LogP contribution >= 0.6 is 0 Å². The second kappa shape index (κ2) is 56.2. The third-order valence-corrected chi connectivity index (χ3v) is 26.1. The molecular formula is C90H140AlBF8LiN10O8. The molecule has 12 aliphatic rings. The molecule has 0 bridgehead atoms. The maximum atomic E-state index is 12.5. The van der Waals surface area contributed by atoms with E-state index < -0.39 is 37.6 Å². The van der Waals surface area contributed by atoms with Gasteiger partial charge in [0.25, 0.3) is 18.8 Å². The summed E-state index contributed by atoms with van der Waals surface area (Å²) in [5.74, 6) is -3.27. The minimum absolute atomic E-state index is 0. The summed E-state index contributed by atoms with van der Waals surface area (Å²) in [5.41, 5.74) is 7.25. The van der Waals surface area contributed by atoms with Crippen molar-refractivity contribution < 1.29 is 94.3 Å². The molecule has 12 fully saturated rings. The number of benzene rings is 4. The number of nitrogens with zero attached hydrogens (tertiary/aromatic N) is 7. The van der Waals surface area contributed by atoms with Crippen LogP contribution in [0.4, 0.5) is 35.1 Å². The number of aliphatic hydroxyl groups excluding tert-OH is 1.